The zero-order valence-corrected chi connectivity index (χ0v) is 12.6. The van der Waals surface area contributed by atoms with Gasteiger partial charge in [-0.3, -0.25) is 4.79 Å². The highest BCUT2D eigenvalue weighted by molar-refractivity contribution is 7.99. The van der Waals surface area contributed by atoms with Gasteiger partial charge in [0.25, 0.3) is 0 Å². The Balaban J connectivity index is 1.63. The Bertz CT molecular complexity index is 416. The Hall–Kier alpha value is -1.00. The fourth-order valence-electron chi connectivity index (χ4n) is 2.62. The minimum atomic E-state index is -0.755. The van der Waals surface area contributed by atoms with Crippen molar-refractivity contribution >= 4 is 17.7 Å². The largest absolute Gasteiger partial charge is 0.389 e. The normalized spacial score (nSPS) is 17.6. The number of rotatable bonds is 6. The zero-order chi connectivity index (χ0) is 14.3. The Morgan fingerprint density at radius 2 is 1.90 bits per heavy atom. The van der Waals surface area contributed by atoms with E-state index < -0.39 is 5.60 Å². The molecule has 1 amide bonds. The summed E-state index contributed by atoms with van der Waals surface area (Å²) in [6, 6.07) is 10.2. The van der Waals surface area contributed by atoms with Gasteiger partial charge in [0, 0.05) is 17.2 Å². The van der Waals surface area contributed by atoms with Crippen molar-refractivity contribution in [3.63, 3.8) is 0 Å². The van der Waals surface area contributed by atoms with Crippen molar-refractivity contribution in [2.45, 2.75) is 49.0 Å². The van der Waals surface area contributed by atoms with Crippen LogP contribution in [0.5, 0.6) is 0 Å². The summed E-state index contributed by atoms with van der Waals surface area (Å²) in [6.07, 6.45) is 5.03. The van der Waals surface area contributed by atoms with Gasteiger partial charge in [0.2, 0.25) is 5.91 Å². The second-order valence-corrected chi connectivity index (χ2v) is 6.64. The molecular formula is C16H23NO2S. The molecule has 1 aliphatic carbocycles. The molecule has 0 aromatic heterocycles. The first-order valence-electron chi connectivity index (χ1n) is 7.35. The summed E-state index contributed by atoms with van der Waals surface area (Å²) in [4.78, 5) is 13.1. The van der Waals surface area contributed by atoms with Crippen LogP contribution in [0, 0.1) is 0 Å². The molecule has 3 nitrogen and oxygen atoms in total. The van der Waals surface area contributed by atoms with Crippen LogP contribution in [-0.4, -0.2) is 28.9 Å². The summed E-state index contributed by atoms with van der Waals surface area (Å²) in [5.41, 5.74) is -0.755. The summed E-state index contributed by atoms with van der Waals surface area (Å²) in [6.45, 7) is 0.647. The average molecular weight is 293 g/mol. The van der Waals surface area contributed by atoms with E-state index in [0.717, 1.165) is 31.4 Å². The third kappa shape index (κ3) is 5.17. The zero-order valence-electron chi connectivity index (χ0n) is 11.8. The number of thioether (sulfide) groups is 1. The maximum Gasteiger partial charge on any atom is 0.222 e. The molecule has 1 aromatic rings. The molecule has 0 heterocycles. The van der Waals surface area contributed by atoms with Crippen molar-refractivity contribution < 1.29 is 9.90 Å². The van der Waals surface area contributed by atoms with Crippen molar-refractivity contribution in [3.05, 3.63) is 30.3 Å². The molecular weight excluding hydrogens is 270 g/mol. The molecule has 1 fully saturated rings. The summed E-state index contributed by atoms with van der Waals surface area (Å²) in [7, 11) is 0. The highest BCUT2D eigenvalue weighted by Crippen LogP contribution is 2.30. The molecule has 0 aliphatic heterocycles. The van der Waals surface area contributed by atoms with Crippen molar-refractivity contribution in [3.8, 4) is 0 Å². The SMILES string of the molecule is O=C(CC1(O)CCCCC1)NCCSc1ccccc1. The molecule has 20 heavy (non-hydrogen) atoms. The quantitative estimate of drug-likeness (QED) is 0.626. The Labute approximate surface area is 125 Å². The fourth-order valence-corrected chi connectivity index (χ4v) is 3.41. The second kappa shape index (κ2) is 7.70. The van der Waals surface area contributed by atoms with E-state index in [1.54, 1.807) is 11.8 Å². The van der Waals surface area contributed by atoms with E-state index in [4.69, 9.17) is 0 Å². The van der Waals surface area contributed by atoms with Crippen LogP contribution in [0.25, 0.3) is 0 Å². The van der Waals surface area contributed by atoms with Gasteiger partial charge in [-0.15, -0.1) is 11.8 Å². The van der Waals surface area contributed by atoms with Gasteiger partial charge in [-0.25, -0.2) is 0 Å². The first-order valence-corrected chi connectivity index (χ1v) is 8.33. The molecule has 1 saturated carbocycles. The van der Waals surface area contributed by atoms with E-state index in [0.29, 0.717) is 6.54 Å². The fraction of sp³-hybridized carbons (Fsp3) is 0.562. The van der Waals surface area contributed by atoms with E-state index in [1.807, 2.05) is 18.2 Å². The number of carbonyl (C=O) groups excluding carboxylic acids is 1. The molecule has 0 unspecified atom stereocenters. The van der Waals surface area contributed by atoms with Gasteiger partial charge in [0.1, 0.15) is 0 Å². The molecule has 0 spiro atoms. The number of hydrogen-bond donors (Lipinski definition) is 2. The molecule has 0 saturated heterocycles. The van der Waals surface area contributed by atoms with Gasteiger partial charge in [-0.1, -0.05) is 37.5 Å². The summed E-state index contributed by atoms with van der Waals surface area (Å²) < 4.78 is 0. The smallest absolute Gasteiger partial charge is 0.222 e. The van der Waals surface area contributed by atoms with Crippen LogP contribution < -0.4 is 5.32 Å². The number of carbonyl (C=O) groups is 1. The Morgan fingerprint density at radius 1 is 1.20 bits per heavy atom. The molecule has 0 radical (unpaired) electrons. The number of hydrogen-bond acceptors (Lipinski definition) is 3. The van der Waals surface area contributed by atoms with E-state index in [1.165, 1.54) is 11.3 Å². The van der Waals surface area contributed by atoms with Gasteiger partial charge in [0.15, 0.2) is 0 Å². The second-order valence-electron chi connectivity index (χ2n) is 5.47. The summed E-state index contributed by atoms with van der Waals surface area (Å²) >= 11 is 1.73. The minimum Gasteiger partial charge on any atom is -0.389 e. The van der Waals surface area contributed by atoms with Crippen molar-refractivity contribution in [2.24, 2.45) is 0 Å². The molecule has 110 valence electrons. The van der Waals surface area contributed by atoms with Crippen LogP contribution in [0.2, 0.25) is 0 Å². The van der Waals surface area contributed by atoms with Gasteiger partial charge in [-0.05, 0) is 25.0 Å². The predicted molar refractivity (Wildman–Crippen MR) is 82.8 cm³/mol. The van der Waals surface area contributed by atoms with Gasteiger partial charge in [-0.2, -0.15) is 0 Å². The number of nitrogens with one attached hydrogen (secondary N) is 1. The van der Waals surface area contributed by atoms with E-state index >= 15 is 0 Å². The van der Waals surface area contributed by atoms with Crippen LogP contribution in [0.3, 0.4) is 0 Å². The lowest BCUT2D eigenvalue weighted by Crippen LogP contribution is -2.38. The highest BCUT2D eigenvalue weighted by Gasteiger charge is 2.31. The first-order chi connectivity index (χ1) is 9.68. The topological polar surface area (TPSA) is 49.3 Å². The molecule has 1 aromatic carbocycles. The molecule has 4 heteroatoms. The number of benzene rings is 1. The maximum absolute atomic E-state index is 11.8. The van der Waals surface area contributed by atoms with Crippen LogP contribution in [0.15, 0.2) is 35.2 Å². The van der Waals surface area contributed by atoms with Gasteiger partial charge >= 0.3 is 0 Å². The maximum atomic E-state index is 11.8. The van der Waals surface area contributed by atoms with Crippen LogP contribution in [0.4, 0.5) is 0 Å². The van der Waals surface area contributed by atoms with Gasteiger partial charge in [0.05, 0.1) is 12.0 Å². The highest BCUT2D eigenvalue weighted by atomic mass is 32.2. The standard InChI is InChI=1S/C16H23NO2S/c18-15(13-16(19)9-5-2-6-10-16)17-11-12-20-14-7-3-1-4-8-14/h1,3-4,7-8,19H,2,5-6,9-13H2,(H,17,18). The van der Waals surface area contributed by atoms with Crippen molar-refractivity contribution in [1.29, 1.82) is 0 Å². The number of amides is 1. The average Bonchev–Trinajstić information content (AvgIpc) is 2.45. The van der Waals surface area contributed by atoms with E-state index in [2.05, 4.69) is 17.4 Å². The minimum absolute atomic E-state index is 0.0249. The van der Waals surface area contributed by atoms with Crippen molar-refractivity contribution in [2.75, 3.05) is 12.3 Å². The van der Waals surface area contributed by atoms with Crippen molar-refractivity contribution in [1.82, 2.24) is 5.32 Å². The third-order valence-corrected chi connectivity index (χ3v) is 4.72. The molecule has 2 N–H and O–H groups in total. The summed E-state index contributed by atoms with van der Waals surface area (Å²) in [5.74, 6) is 0.830. The molecule has 1 aliphatic rings. The van der Waals surface area contributed by atoms with E-state index in [-0.39, 0.29) is 12.3 Å². The van der Waals surface area contributed by atoms with E-state index in [9.17, 15) is 9.90 Å². The van der Waals surface area contributed by atoms with Crippen LogP contribution in [0.1, 0.15) is 38.5 Å². The Morgan fingerprint density at radius 3 is 2.60 bits per heavy atom. The Kier molecular flexibility index (Phi) is 5.92. The lowest BCUT2D eigenvalue weighted by Gasteiger charge is -2.31. The third-order valence-electron chi connectivity index (χ3n) is 3.71. The monoisotopic (exact) mass is 293 g/mol. The first kappa shape index (κ1) is 15.4. The molecule has 0 atom stereocenters. The lowest BCUT2D eigenvalue weighted by atomic mass is 9.82. The summed E-state index contributed by atoms with van der Waals surface area (Å²) in [5, 5.41) is 13.2. The predicted octanol–water partition coefficient (Wildman–Crippen LogP) is 2.98. The molecule has 0 bridgehead atoms. The van der Waals surface area contributed by atoms with Crippen LogP contribution >= 0.6 is 11.8 Å². The van der Waals surface area contributed by atoms with Crippen LogP contribution in [-0.2, 0) is 4.79 Å². The van der Waals surface area contributed by atoms with Gasteiger partial charge < -0.3 is 10.4 Å². The molecule has 2 rings (SSSR count). The number of aliphatic hydroxyl groups is 1. The lowest BCUT2D eigenvalue weighted by molar-refractivity contribution is -0.127.